The maximum absolute atomic E-state index is 13.9. The predicted octanol–water partition coefficient (Wildman–Crippen LogP) is 3.48. The van der Waals surface area contributed by atoms with Crippen LogP contribution >= 0.6 is 0 Å². The lowest BCUT2D eigenvalue weighted by Crippen LogP contribution is -2.42. The summed E-state index contributed by atoms with van der Waals surface area (Å²) < 4.78 is 27.0. The van der Waals surface area contributed by atoms with Crippen molar-refractivity contribution in [3.05, 3.63) is 53.1 Å². The number of nitriles is 1. The van der Waals surface area contributed by atoms with E-state index in [1.54, 1.807) is 6.07 Å². The molecule has 0 spiro atoms. The van der Waals surface area contributed by atoms with E-state index in [2.05, 4.69) is 21.6 Å². The zero-order valence-corrected chi connectivity index (χ0v) is 13.8. The molecule has 0 aromatic heterocycles. The standard InChI is InChI=1S/C19H18F2N4/c1-25-18-4-5-23-10-15(18)14-8-13(6-11(9-22)19(14)25)24-17-3-2-12(20)7-16(17)21/h2-3,6-8,15,18,23-24H,4-5,10H2,1H3/t15-,18-/m0/s1. The van der Waals surface area contributed by atoms with Gasteiger partial charge < -0.3 is 15.5 Å². The number of nitrogens with zero attached hydrogens (tertiary/aromatic N) is 2. The Balaban J connectivity index is 1.75. The van der Waals surface area contributed by atoms with Crippen LogP contribution in [0.2, 0.25) is 0 Å². The Hall–Kier alpha value is -2.65. The van der Waals surface area contributed by atoms with Crippen molar-refractivity contribution in [1.29, 1.82) is 5.26 Å². The van der Waals surface area contributed by atoms with Gasteiger partial charge in [-0.05, 0) is 42.8 Å². The first-order chi connectivity index (χ1) is 12.1. The zero-order valence-electron chi connectivity index (χ0n) is 13.8. The topological polar surface area (TPSA) is 51.1 Å². The Morgan fingerprint density at radius 3 is 2.88 bits per heavy atom. The van der Waals surface area contributed by atoms with E-state index in [1.807, 2.05) is 13.1 Å². The molecule has 1 fully saturated rings. The van der Waals surface area contributed by atoms with E-state index in [0.717, 1.165) is 36.8 Å². The fourth-order valence-electron chi connectivity index (χ4n) is 4.03. The van der Waals surface area contributed by atoms with E-state index in [-0.39, 0.29) is 5.69 Å². The van der Waals surface area contributed by atoms with Gasteiger partial charge in [0.05, 0.1) is 16.9 Å². The minimum Gasteiger partial charge on any atom is -0.370 e. The monoisotopic (exact) mass is 340 g/mol. The molecule has 0 unspecified atom stereocenters. The maximum Gasteiger partial charge on any atom is 0.149 e. The molecule has 2 aliphatic rings. The van der Waals surface area contributed by atoms with Gasteiger partial charge in [-0.15, -0.1) is 0 Å². The van der Waals surface area contributed by atoms with Crippen molar-refractivity contribution in [2.75, 3.05) is 30.4 Å². The summed E-state index contributed by atoms with van der Waals surface area (Å²) >= 11 is 0. The number of benzene rings is 2. The second kappa shape index (κ2) is 6.01. The summed E-state index contributed by atoms with van der Waals surface area (Å²) in [4.78, 5) is 2.20. The van der Waals surface area contributed by atoms with Crippen molar-refractivity contribution in [2.45, 2.75) is 18.4 Å². The van der Waals surface area contributed by atoms with Gasteiger partial charge in [-0.25, -0.2) is 8.78 Å². The first-order valence-electron chi connectivity index (χ1n) is 8.32. The lowest BCUT2D eigenvalue weighted by atomic mass is 9.89. The highest BCUT2D eigenvalue weighted by molar-refractivity contribution is 5.76. The van der Waals surface area contributed by atoms with Crippen LogP contribution in [0.4, 0.5) is 25.8 Å². The molecule has 2 heterocycles. The Morgan fingerprint density at radius 1 is 1.28 bits per heavy atom. The van der Waals surface area contributed by atoms with E-state index < -0.39 is 11.6 Å². The molecule has 0 radical (unpaired) electrons. The SMILES string of the molecule is CN1c2c(C#N)cc(Nc3ccc(F)cc3F)cc2[C@@H]2CNCC[C@@H]21. The second-order valence-corrected chi connectivity index (χ2v) is 6.60. The zero-order chi connectivity index (χ0) is 17.6. The van der Waals surface area contributed by atoms with E-state index in [4.69, 9.17) is 0 Å². The minimum atomic E-state index is -0.659. The maximum atomic E-state index is 13.9. The van der Waals surface area contributed by atoms with Crippen LogP contribution in [0, 0.1) is 23.0 Å². The Labute approximate surface area is 145 Å². The highest BCUT2D eigenvalue weighted by Gasteiger charge is 2.39. The quantitative estimate of drug-likeness (QED) is 0.879. The molecular formula is C19H18F2N4. The molecule has 2 aromatic carbocycles. The molecule has 25 heavy (non-hydrogen) atoms. The second-order valence-electron chi connectivity index (χ2n) is 6.60. The summed E-state index contributed by atoms with van der Waals surface area (Å²) in [6.45, 7) is 1.83. The van der Waals surface area contributed by atoms with Gasteiger partial charge in [0.2, 0.25) is 0 Å². The highest BCUT2D eigenvalue weighted by atomic mass is 19.1. The molecule has 4 nitrogen and oxygen atoms in total. The van der Waals surface area contributed by atoms with Crippen molar-refractivity contribution in [2.24, 2.45) is 0 Å². The minimum absolute atomic E-state index is 0.190. The fourth-order valence-corrected chi connectivity index (χ4v) is 4.03. The van der Waals surface area contributed by atoms with Gasteiger partial charge in [0, 0.05) is 37.3 Å². The average Bonchev–Trinajstić information content (AvgIpc) is 2.90. The molecule has 0 bridgehead atoms. The Morgan fingerprint density at radius 2 is 2.12 bits per heavy atom. The summed E-state index contributed by atoms with van der Waals surface area (Å²) in [6.07, 6.45) is 1.02. The number of likely N-dealkylation sites (N-methyl/N-ethyl adjacent to an activating group) is 1. The van der Waals surface area contributed by atoms with Crippen LogP contribution < -0.4 is 15.5 Å². The predicted molar refractivity (Wildman–Crippen MR) is 93.2 cm³/mol. The van der Waals surface area contributed by atoms with E-state index in [1.165, 1.54) is 12.1 Å². The van der Waals surface area contributed by atoms with Gasteiger partial charge in [-0.2, -0.15) is 5.26 Å². The van der Waals surface area contributed by atoms with E-state index >= 15 is 0 Å². The van der Waals surface area contributed by atoms with Crippen molar-refractivity contribution in [1.82, 2.24) is 5.32 Å². The molecule has 6 heteroatoms. The van der Waals surface area contributed by atoms with E-state index in [0.29, 0.717) is 23.2 Å². The molecule has 0 amide bonds. The molecule has 128 valence electrons. The largest absolute Gasteiger partial charge is 0.370 e. The summed E-state index contributed by atoms with van der Waals surface area (Å²) in [6, 6.07) is 9.75. The van der Waals surface area contributed by atoms with Crippen LogP contribution in [0.1, 0.15) is 23.5 Å². The van der Waals surface area contributed by atoms with Crippen LogP contribution in [0.25, 0.3) is 0 Å². The summed E-state index contributed by atoms with van der Waals surface area (Å²) in [7, 11) is 2.03. The van der Waals surface area contributed by atoms with E-state index in [9.17, 15) is 14.0 Å². The molecule has 1 saturated heterocycles. The summed E-state index contributed by atoms with van der Waals surface area (Å²) in [5, 5.41) is 16.0. The molecular weight excluding hydrogens is 322 g/mol. The van der Waals surface area contributed by atoms with Crippen LogP contribution in [0.3, 0.4) is 0 Å². The van der Waals surface area contributed by atoms with Gasteiger partial charge in [0.25, 0.3) is 0 Å². The number of piperidine rings is 1. The van der Waals surface area contributed by atoms with Crippen molar-refractivity contribution in [3.63, 3.8) is 0 Å². The number of anilines is 3. The van der Waals surface area contributed by atoms with Crippen molar-refractivity contribution < 1.29 is 8.78 Å². The van der Waals surface area contributed by atoms with Gasteiger partial charge in [0.1, 0.15) is 17.7 Å². The van der Waals surface area contributed by atoms with Crippen LogP contribution in [0.5, 0.6) is 0 Å². The lowest BCUT2D eigenvalue weighted by Gasteiger charge is -2.31. The highest BCUT2D eigenvalue weighted by Crippen LogP contribution is 2.45. The third kappa shape index (κ3) is 2.61. The normalized spacial score (nSPS) is 21.4. The van der Waals surface area contributed by atoms with Gasteiger partial charge in [-0.3, -0.25) is 0 Å². The van der Waals surface area contributed by atoms with Gasteiger partial charge >= 0.3 is 0 Å². The third-order valence-corrected chi connectivity index (χ3v) is 5.17. The molecule has 2 N–H and O–H groups in total. The van der Waals surface area contributed by atoms with Crippen LogP contribution in [0.15, 0.2) is 30.3 Å². The number of fused-ring (bicyclic) bond motifs is 3. The molecule has 0 aliphatic carbocycles. The molecule has 2 aliphatic heterocycles. The van der Waals surface area contributed by atoms with Crippen LogP contribution in [-0.2, 0) is 0 Å². The number of nitrogens with one attached hydrogen (secondary N) is 2. The third-order valence-electron chi connectivity index (χ3n) is 5.17. The number of rotatable bonds is 2. The summed E-state index contributed by atoms with van der Waals surface area (Å²) in [5.41, 5.74) is 3.46. The van der Waals surface area contributed by atoms with Crippen molar-refractivity contribution >= 4 is 17.1 Å². The molecule has 4 rings (SSSR count). The number of hydrogen-bond donors (Lipinski definition) is 2. The smallest absolute Gasteiger partial charge is 0.149 e. The average molecular weight is 340 g/mol. The Bertz CT molecular complexity index is 874. The number of halogens is 2. The summed E-state index contributed by atoms with van der Waals surface area (Å²) in [5.74, 6) is -0.971. The molecule has 2 atom stereocenters. The molecule has 2 aromatic rings. The Kier molecular flexibility index (Phi) is 3.81. The van der Waals surface area contributed by atoms with Gasteiger partial charge in [0.15, 0.2) is 0 Å². The fraction of sp³-hybridized carbons (Fsp3) is 0.316. The first kappa shape index (κ1) is 15.9. The lowest BCUT2D eigenvalue weighted by molar-refractivity contribution is 0.413. The van der Waals surface area contributed by atoms with Gasteiger partial charge in [-0.1, -0.05) is 0 Å². The van der Waals surface area contributed by atoms with Crippen molar-refractivity contribution in [3.8, 4) is 6.07 Å². The molecule has 0 saturated carbocycles. The number of hydrogen-bond acceptors (Lipinski definition) is 4. The van der Waals surface area contributed by atoms with Crippen LogP contribution in [-0.4, -0.2) is 26.2 Å². The first-order valence-corrected chi connectivity index (χ1v) is 8.32.